The van der Waals surface area contributed by atoms with E-state index in [1.165, 1.54) is 19.2 Å². The lowest BCUT2D eigenvalue weighted by Gasteiger charge is -2.31. The number of ether oxygens (including phenoxy) is 5. The Bertz CT molecular complexity index is 2720. The fourth-order valence-electron chi connectivity index (χ4n) is 8.63. The Morgan fingerprint density at radius 2 is 1.46 bits per heavy atom. The Labute approximate surface area is 418 Å². The molecular weight excluding hydrogens is 931 g/mol. The molecule has 14 nitrogen and oxygen atoms in total. The van der Waals surface area contributed by atoms with E-state index in [0.29, 0.717) is 52.6 Å². The lowest BCUT2D eigenvalue weighted by molar-refractivity contribution is -0.152. The summed E-state index contributed by atoms with van der Waals surface area (Å²) in [6, 6.07) is 32.3. The molecule has 2 heterocycles. The summed E-state index contributed by atoms with van der Waals surface area (Å²) in [6.45, 7) is 7.46. The van der Waals surface area contributed by atoms with E-state index in [2.05, 4.69) is 34.4 Å². The molecule has 71 heavy (non-hydrogen) atoms. The van der Waals surface area contributed by atoms with E-state index in [9.17, 15) is 28.4 Å². The summed E-state index contributed by atoms with van der Waals surface area (Å²) < 4.78 is 43.0. The molecule has 0 bridgehead atoms. The second kappa shape index (κ2) is 26.1. The van der Waals surface area contributed by atoms with Gasteiger partial charge >= 0.3 is 24.0 Å². The molecule has 4 aromatic carbocycles. The molecule has 0 saturated heterocycles. The maximum absolute atomic E-state index is 14.3. The van der Waals surface area contributed by atoms with Crippen molar-refractivity contribution >= 4 is 47.2 Å². The number of alkyl carbamates (subject to hydrolysis) is 1. The highest BCUT2D eigenvalue weighted by Gasteiger charge is 2.40. The van der Waals surface area contributed by atoms with Crippen LogP contribution in [0.1, 0.15) is 93.3 Å². The quantitative estimate of drug-likeness (QED) is 0.0246. The van der Waals surface area contributed by atoms with Crippen molar-refractivity contribution in [3.63, 3.8) is 0 Å². The van der Waals surface area contributed by atoms with Crippen LogP contribution in [0.25, 0.3) is 22.4 Å². The maximum Gasteiger partial charge on any atom is 0.410 e. The van der Waals surface area contributed by atoms with Crippen LogP contribution in [0.15, 0.2) is 132 Å². The van der Waals surface area contributed by atoms with Gasteiger partial charge in [-0.3, -0.25) is 9.59 Å². The topological polar surface area (TPSA) is 173 Å². The van der Waals surface area contributed by atoms with Crippen LogP contribution in [0.5, 0.6) is 0 Å². The molecule has 16 heteroatoms. The van der Waals surface area contributed by atoms with Gasteiger partial charge in [-0.25, -0.2) is 18.8 Å². The third-order valence-electron chi connectivity index (χ3n) is 11.7. The third-order valence-corrected chi connectivity index (χ3v) is 12.1. The number of hydrogen-bond acceptors (Lipinski definition) is 11. The number of esters is 3. The van der Waals surface area contributed by atoms with E-state index in [-0.39, 0.29) is 61.6 Å². The number of nitrogens with one attached hydrogen (secondary N) is 3. The highest BCUT2D eigenvalue weighted by Crippen LogP contribution is 2.44. The van der Waals surface area contributed by atoms with Crippen molar-refractivity contribution in [1.82, 2.24) is 15.2 Å². The Morgan fingerprint density at radius 1 is 0.789 bits per heavy atom. The zero-order valence-corrected chi connectivity index (χ0v) is 41.4. The van der Waals surface area contributed by atoms with Gasteiger partial charge in [0.05, 0.1) is 60.9 Å². The summed E-state index contributed by atoms with van der Waals surface area (Å²) in [5.74, 6) is -3.38. The molecule has 0 saturated carbocycles. The SMILES string of the molecule is CCOC(=O)C1=C(COCCNC(=O)OCOC(=O)CCCCCCn2c(-c3ccc(F)cc3)c(-c3ccccc3)c(C(=O)Nc3ccccc3)c2C(C)C)NC(C)=C(C(=O)OC)C1c1ccccc1Cl. The van der Waals surface area contributed by atoms with Gasteiger partial charge in [0, 0.05) is 47.2 Å². The number of hydrogen-bond donors (Lipinski definition) is 3. The number of aromatic nitrogens is 1. The molecule has 0 aliphatic carbocycles. The van der Waals surface area contributed by atoms with Crippen molar-refractivity contribution < 1.29 is 52.0 Å². The number of carbonyl (C=O) groups excluding carboxylic acids is 5. The van der Waals surface area contributed by atoms with E-state index < -0.39 is 36.7 Å². The number of nitrogens with zero attached hydrogens (tertiary/aromatic N) is 1. The molecule has 0 fully saturated rings. The highest BCUT2D eigenvalue weighted by molar-refractivity contribution is 6.31. The predicted molar refractivity (Wildman–Crippen MR) is 269 cm³/mol. The van der Waals surface area contributed by atoms with Crippen molar-refractivity contribution in [1.29, 1.82) is 0 Å². The number of allylic oxidation sites excluding steroid dienone is 1. The van der Waals surface area contributed by atoms with Gasteiger partial charge < -0.3 is 44.2 Å². The summed E-state index contributed by atoms with van der Waals surface area (Å²) in [5.41, 5.74) is 6.96. The van der Waals surface area contributed by atoms with Crippen molar-refractivity contribution in [3.05, 3.63) is 159 Å². The third kappa shape index (κ3) is 13.8. The van der Waals surface area contributed by atoms with E-state index in [1.807, 2.05) is 60.7 Å². The molecule has 3 N–H and O–H groups in total. The molecule has 1 aromatic heterocycles. The molecule has 1 unspecified atom stereocenters. The van der Waals surface area contributed by atoms with Gasteiger partial charge in [0.1, 0.15) is 5.82 Å². The normalized spacial score (nSPS) is 13.4. The number of rotatable bonds is 23. The highest BCUT2D eigenvalue weighted by atomic mass is 35.5. The van der Waals surface area contributed by atoms with Gasteiger partial charge in [-0.1, -0.05) is 105 Å². The zero-order chi connectivity index (χ0) is 50.9. The summed E-state index contributed by atoms with van der Waals surface area (Å²) >= 11 is 6.58. The van der Waals surface area contributed by atoms with E-state index in [4.69, 9.17) is 35.3 Å². The van der Waals surface area contributed by atoms with Gasteiger partial charge in [-0.15, -0.1) is 0 Å². The number of anilines is 1. The molecule has 5 aromatic rings. The Balaban J connectivity index is 0.991. The van der Waals surface area contributed by atoms with E-state index in [1.54, 1.807) is 50.2 Å². The van der Waals surface area contributed by atoms with Crippen LogP contribution in [-0.2, 0) is 44.6 Å². The Kier molecular flexibility index (Phi) is 19.5. The number of para-hydroxylation sites is 1. The van der Waals surface area contributed by atoms with Gasteiger partial charge in [0.15, 0.2) is 0 Å². The summed E-state index contributed by atoms with van der Waals surface area (Å²) in [5, 5.41) is 9.07. The molecule has 1 aliphatic heterocycles. The first-order valence-electron chi connectivity index (χ1n) is 23.6. The molecule has 6 rings (SSSR count). The van der Waals surface area contributed by atoms with Crippen molar-refractivity contribution in [3.8, 4) is 22.4 Å². The number of methoxy groups -OCH3 is 1. The van der Waals surface area contributed by atoms with Gasteiger partial charge in [0.2, 0.25) is 6.79 Å². The molecule has 2 amide bonds. The van der Waals surface area contributed by atoms with Crippen LogP contribution in [0, 0.1) is 5.82 Å². The number of amides is 2. The summed E-state index contributed by atoms with van der Waals surface area (Å²) in [4.78, 5) is 65.7. The first kappa shape index (κ1) is 53.1. The number of unbranched alkanes of at least 4 members (excludes halogenated alkanes) is 3. The van der Waals surface area contributed by atoms with Crippen LogP contribution < -0.4 is 16.0 Å². The summed E-state index contributed by atoms with van der Waals surface area (Å²) in [7, 11) is 1.25. The van der Waals surface area contributed by atoms with Crippen LogP contribution >= 0.6 is 11.6 Å². The smallest absolute Gasteiger partial charge is 0.410 e. The standard InChI is InChI=1S/C55H60ClFN4O10/c1-6-69-54(65)48-43(59-36(4)45(53(64)67-5)47(48)41-23-16-17-24-42(41)56)33-68-32-30-58-55(66)71-34-70-44(62)25-15-7-8-18-31-61-50(35(2)3)49(52(63)60-40-21-13-10-14-22-40)46(37-19-11-9-12-20-37)51(61)38-26-28-39(57)29-27-38/h9-14,16-17,19-24,26-29,35,47,59H,6-8,15,18,25,30-34H2,1-5H3,(H,58,66)(H,60,63). The van der Waals surface area contributed by atoms with Crippen LogP contribution in [-0.4, -0.2) is 74.7 Å². The van der Waals surface area contributed by atoms with E-state index in [0.717, 1.165) is 40.9 Å². The van der Waals surface area contributed by atoms with Crippen molar-refractivity contribution in [2.24, 2.45) is 0 Å². The average molecular weight is 992 g/mol. The summed E-state index contributed by atoms with van der Waals surface area (Å²) in [6.07, 6.45) is 2.04. The van der Waals surface area contributed by atoms with Crippen LogP contribution in [0.2, 0.25) is 5.02 Å². The minimum absolute atomic E-state index is 0.00909. The van der Waals surface area contributed by atoms with E-state index >= 15 is 0 Å². The second-order valence-corrected chi connectivity index (χ2v) is 17.3. The minimum atomic E-state index is -0.909. The first-order chi connectivity index (χ1) is 34.3. The average Bonchev–Trinajstić information content (AvgIpc) is 3.71. The lowest BCUT2D eigenvalue weighted by Crippen LogP contribution is -2.35. The zero-order valence-electron chi connectivity index (χ0n) is 40.6. The fraction of sp³-hybridized carbons (Fsp3) is 0.327. The first-order valence-corrected chi connectivity index (χ1v) is 24.0. The number of halogens is 2. The number of carbonyl (C=O) groups is 5. The van der Waals surface area contributed by atoms with Crippen LogP contribution in [0.3, 0.4) is 0 Å². The van der Waals surface area contributed by atoms with Gasteiger partial charge in [-0.2, -0.15) is 0 Å². The number of dihydropyridines is 1. The van der Waals surface area contributed by atoms with Gasteiger partial charge in [-0.05, 0) is 91.8 Å². The molecule has 1 aliphatic rings. The molecule has 374 valence electrons. The Morgan fingerprint density at radius 3 is 2.14 bits per heavy atom. The second-order valence-electron chi connectivity index (χ2n) is 16.9. The molecule has 1 atom stereocenters. The van der Waals surface area contributed by atoms with Crippen LogP contribution in [0.4, 0.5) is 14.9 Å². The molecule has 0 radical (unpaired) electrons. The number of benzene rings is 4. The fourth-order valence-corrected chi connectivity index (χ4v) is 8.88. The minimum Gasteiger partial charge on any atom is -0.466 e. The maximum atomic E-state index is 14.3. The van der Waals surface area contributed by atoms with Gasteiger partial charge in [0.25, 0.3) is 5.91 Å². The molecule has 0 spiro atoms. The monoisotopic (exact) mass is 990 g/mol. The van der Waals surface area contributed by atoms with Crippen molar-refractivity contribution in [2.75, 3.05) is 45.6 Å². The predicted octanol–water partition coefficient (Wildman–Crippen LogP) is 10.8. The lowest BCUT2D eigenvalue weighted by atomic mass is 9.80. The Hall–Kier alpha value is -7.23. The largest absolute Gasteiger partial charge is 0.466 e. The van der Waals surface area contributed by atoms with Crippen molar-refractivity contribution in [2.45, 2.75) is 78.2 Å². The molecular formula is C55H60ClFN4O10.